The molecule has 128 valence electrons. The van der Waals surface area contributed by atoms with E-state index in [1.807, 2.05) is 0 Å². The van der Waals surface area contributed by atoms with Crippen LogP contribution >= 0.6 is 0 Å². The van der Waals surface area contributed by atoms with Crippen LogP contribution in [0.1, 0.15) is 36.7 Å². The molecule has 7 nitrogen and oxygen atoms in total. The van der Waals surface area contributed by atoms with E-state index >= 15 is 0 Å². The smallest absolute Gasteiger partial charge is 0.338 e. The zero-order valence-electron chi connectivity index (χ0n) is 13.3. The van der Waals surface area contributed by atoms with Crippen molar-refractivity contribution in [1.29, 1.82) is 0 Å². The largest absolute Gasteiger partial charge is 0.478 e. The number of aliphatic hydroxyl groups is 1. The molecule has 23 heavy (non-hydrogen) atoms. The van der Waals surface area contributed by atoms with Gasteiger partial charge in [-0.05, 0) is 18.6 Å². The van der Waals surface area contributed by atoms with E-state index in [-0.39, 0.29) is 18.7 Å². The van der Waals surface area contributed by atoms with Crippen LogP contribution in [0.15, 0.2) is 18.2 Å². The monoisotopic (exact) mass is 327 g/mol. The standard InChI is InChI=1S/C15H22FN3O4/c1-14(2,15(3,23)19-8-7-18-13(17)22)10-6-4-5-9(11(10)16)12(20)21/h4-6,19,23H,7-8H2,1-3H3,(H,20,21)(H3,17,18,22). The first-order chi connectivity index (χ1) is 10.5. The summed E-state index contributed by atoms with van der Waals surface area (Å²) < 4.78 is 14.5. The molecule has 6 N–H and O–H groups in total. The van der Waals surface area contributed by atoms with E-state index in [0.29, 0.717) is 0 Å². The maximum atomic E-state index is 14.5. The molecule has 0 heterocycles. The number of aromatic carboxylic acids is 1. The Morgan fingerprint density at radius 3 is 2.39 bits per heavy atom. The summed E-state index contributed by atoms with van der Waals surface area (Å²) in [5.74, 6) is -2.26. The van der Waals surface area contributed by atoms with E-state index < -0.39 is 34.5 Å². The summed E-state index contributed by atoms with van der Waals surface area (Å²) in [5.41, 5.74) is 1.84. The summed E-state index contributed by atoms with van der Waals surface area (Å²) in [4.78, 5) is 21.7. The lowest BCUT2D eigenvalue weighted by molar-refractivity contribution is -0.0405. The van der Waals surface area contributed by atoms with E-state index in [0.717, 1.165) is 6.07 Å². The van der Waals surface area contributed by atoms with Gasteiger partial charge < -0.3 is 21.3 Å². The number of carboxylic acids is 1. The molecule has 0 aliphatic carbocycles. The van der Waals surface area contributed by atoms with Gasteiger partial charge in [0.15, 0.2) is 0 Å². The molecule has 8 heteroatoms. The summed E-state index contributed by atoms with van der Waals surface area (Å²) in [7, 11) is 0. The Morgan fingerprint density at radius 1 is 1.26 bits per heavy atom. The number of benzene rings is 1. The zero-order chi connectivity index (χ0) is 17.8. The Hall–Kier alpha value is -2.19. The Labute approximate surface area is 133 Å². The van der Waals surface area contributed by atoms with Gasteiger partial charge in [0.05, 0.1) is 5.56 Å². The highest BCUT2D eigenvalue weighted by molar-refractivity contribution is 5.88. The summed E-state index contributed by atoms with van der Waals surface area (Å²) >= 11 is 0. The third-order valence-corrected chi connectivity index (χ3v) is 4.01. The second-order valence-electron chi connectivity index (χ2n) is 5.89. The van der Waals surface area contributed by atoms with E-state index in [1.54, 1.807) is 13.8 Å². The van der Waals surface area contributed by atoms with Crippen LogP contribution in [0.5, 0.6) is 0 Å². The molecule has 0 bridgehead atoms. The molecule has 0 radical (unpaired) electrons. The first-order valence-corrected chi connectivity index (χ1v) is 7.03. The molecule has 0 saturated heterocycles. The van der Waals surface area contributed by atoms with Crippen LogP contribution in [-0.2, 0) is 5.41 Å². The van der Waals surface area contributed by atoms with Gasteiger partial charge in [-0.15, -0.1) is 0 Å². The highest BCUT2D eigenvalue weighted by Crippen LogP contribution is 2.35. The number of rotatable bonds is 7. The van der Waals surface area contributed by atoms with Crippen molar-refractivity contribution >= 4 is 12.0 Å². The number of primary amides is 1. The second kappa shape index (κ2) is 6.93. The van der Waals surface area contributed by atoms with Crippen LogP contribution in [0.25, 0.3) is 0 Å². The number of hydrogen-bond acceptors (Lipinski definition) is 4. The van der Waals surface area contributed by atoms with Crippen LogP contribution in [-0.4, -0.2) is 41.0 Å². The lowest BCUT2D eigenvalue weighted by atomic mass is 9.75. The van der Waals surface area contributed by atoms with Crippen molar-refractivity contribution < 1.29 is 24.2 Å². The van der Waals surface area contributed by atoms with Gasteiger partial charge in [0.25, 0.3) is 0 Å². The topological polar surface area (TPSA) is 125 Å². The molecule has 1 rings (SSSR count). The van der Waals surface area contributed by atoms with Crippen molar-refractivity contribution in [3.8, 4) is 0 Å². The predicted octanol–water partition coefficient (Wildman–Crippen LogP) is 0.768. The zero-order valence-corrected chi connectivity index (χ0v) is 13.3. The van der Waals surface area contributed by atoms with Crippen LogP contribution in [0, 0.1) is 5.82 Å². The van der Waals surface area contributed by atoms with Gasteiger partial charge in [0, 0.05) is 18.5 Å². The molecule has 1 atom stereocenters. The molecular formula is C15H22FN3O4. The lowest BCUT2D eigenvalue weighted by Gasteiger charge is -2.41. The molecule has 1 aromatic rings. The molecule has 0 fully saturated rings. The number of urea groups is 1. The first-order valence-electron chi connectivity index (χ1n) is 7.03. The Balaban J connectivity index is 3.02. The Morgan fingerprint density at radius 2 is 1.87 bits per heavy atom. The maximum Gasteiger partial charge on any atom is 0.338 e. The summed E-state index contributed by atoms with van der Waals surface area (Å²) in [6, 6.07) is 3.33. The van der Waals surface area contributed by atoms with Gasteiger partial charge in [0.2, 0.25) is 0 Å². The van der Waals surface area contributed by atoms with Crippen molar-refractivity contribution in [2.24, 2.45) is 5.73 Å². The third-order valence-electron chi connectivity index (χ3n) is 4.01. The van der Waals surface area contributed by atoms with Crippen molar-refractivity contribution in [1.82, 2.24) is 10.6 Å². The van der Waals surface area contributed by atoms with E-state index in [4.69, 9.17) is 10.8 Å². The Bertz CT molecular complexity index is 602. The molecule has 0 aromatic heterocycles. The molecule has 0 aliphatic rings. The average Bonchev–Trinajstić information content (AvgIpc) is 2.43. The Kier molecular flexibility index (Phi) is 5.68. The van der Waals surface area contributed by atoms with E-state index in [1.165, 1.54) is 19.1 Å². The number of nitrogens with one attached hydrogen (secondary N) is 2. The second-order valence-corrected chi connectivity index (χ2v) is 5.89. The molecule has 1 aromatic carbocycles. The summed E-state index contributed by atoms with van der Waals surface area (Å²) in [6.45, 7) is 5.00. The molecule has 1 unspecified atom stereocenters. The van der Waals surface area contributed by atoms with Crippen LogP contribution < -0.4 is 16.4 Å². The van der Waals surface area contributed by atoms with Crippen LogP contribution in [0.3, 0.4) is 0 Å². The summed E-state index contributed by atoms with van der Waals surface area (Å²) in [6.07, 6.45) is 0. The van der Waals surface area contributed by atoms with Crippen molar-refractivity contribution in [2.75, 3.05) is 13.1 Å². The van der Waals surface area contributed by atoms with Crippen LogP contribution in [0.2, 0.25) is 0 Å². The van der Waals surface area contributed by atoms with Gasteiger partial charge in [0.1, 0.15) is 11.5 Å². The van der Waals surface area contributed by atoms with Gasteiger partial charge in [-0.25, -0.2) is 14.0 Å². The first kappa shape index (κ1) is 18.9. The quantitative estimate of drug-likeness (QED) is 0.374. The number of carboxylic acid groups (broad SMARTS) is 1. The third kappa shape index (κ3) is 4.17. The normalized spacial score (nSPS) is 14.1. The average molecular weight is 327 g/mol. The van der Waals surface area contributed by atoms with E-state index in [2.05, 4.69) is 10.6 Å². The van der Waals surface area contributed by atoms with Crippen molar-refractivity contribution in [2.45, 2.75) is 31.9 Å². The number of amides is 2. The fourth-order valence-corrected chi connectivity index (χ4v) is 2.15. The van der Waals surface area contributed by atoms with Gasteiger partial charge >= 0.3 is 12.0 Å². The maximum absolute atomic E-state index is 14.5. The molecule has 0 saturated carbocycles. The lowest BCUT2D eigenvalue weighted by Crippen LogP contribution is -2.58. The number of carbonyl (C=O) groups excluding carboxylic acids is 1. The highest BCUT2D eigenvalue weighted by atomic mass is 19.1. The molecule has 0 aliphatic heterocycles. The number of nitrogens with two attached hydrogens (primary N) is 1. The predicted molar refractivity (Wildman–Crippen MR) is 82.6 cm³/mol. The van der Waals surface area contributed by atoms with Crippen molar-refractivity contribution in [3.05, 3.63) is 35.1 Å². The van der Waals surface area contributed by atoms with Gasteiger partial charge in [-0.2, -0.15) is 0 Å². The summed E-state index contributed by atoms with van der Waals surface area (Å²) in [5, 5.41) is 24.8. The minimum absolute atomic E-state index is 0.0674. The minimum Gasteiger partial charge on any atom is -0.478 e. The molecular weight excluding hydrogens is 305 g/mol. The van der Waals surface area contributed by atoms with Crippen molar-refractivity contribution in [3.63, 3.8) is 0 Å². The molecule has 0 spiro atoms. The van der Waals surface area contributed by atoms with E-state index in [9.17, 15) is 19.1 Å². The van der Waals surface area contributed by atoms with Crippen LogP contribution in [0.4, 0.5) is 9.18 Å². The number of halogens is 1. The number of carbonyl (C=O) groups is 2. The fourth-order valence-electron chi connectivity index (χ4n) is 2.15. The fraction of sp³-hybridized carbons (Fsp3) is 0.467. The van der Waals surface area contributed by atoms with Gasteiger partial charge in [-0.1, -0.05) is 26.0 Å². The molecule has 2 amide bonds. The SMILES string of the molecule is CC(O)(NCCNC(N)=O)C(C)(C)c1cccc(C(=O)O)c1F. The minimum atomic E-state index is -1.57. The number of hydrogen-bond donors (Lipinski definition) is 5. The van der Waals surface area contributed by atoms with Gasteiger partial charge in [-0.3, -0.25) is 5.32 Å². The highest BCUT2D eigenvalue weighted by Gasteiger charge is 2.42.